The van der Waals surface area contributed by atoms with Gasteiger partial charge in [-0.3, -0.25) is 14.9 Å². The molecule has 0 atom stereocenters. The number of nitro benzene ring substituents is 1. The molecule has 0 unspecified atom stereocenters. The van der Waals surface area contributed by atoms with Crippen LogP contribution >= 0.6 is 15.9 Å². The molecule has 2 rings (SSSR count). The molecule has 0 bridgehead atoms. The molecule has 7 heteroatoms. The number of halogens is 2. The standard InChI is InChI=1S/C12H12BrFN2O3/c13-6-12(3-4-12)7-15-11(17)9-2-1-8(16(18)19)5-10(9)14/h1-2,5H,3-4,6-7H2,(H,15,17). The van der Waals surface area contributed by atoms with Crippen molar-refractivity contribution in [3.05, 3.63) is 39.7 Å². The molecular formula is C12H12BrFN2O3. The second-order valence-corrected chi connectivity index (χ2v) is 5.30. The molecule has 5 nitrogen and oxygen atoms in total. The van der Waals surface area contributed by atoms with Gasteiger partial charge < -0.3 is 5.32 Å². The zero-order chi connectivity index (χ0) is 14.0. The van der Waals surface area contributed by atoms with Crippen molar-refractivity contribution in [3.63, 3.8) is 0 Å². The molecule has 1 saturated carbocycles. The minimum atomic E-state index is -0.879. The van der Waals surface area contributed by atoms with Gasteiger partial charge in [-0.05, 0) is 24.3 Å². The fourth-order valence-corrected chi connectivity index (χ4v) is 2.46. The van der Waals surface area contributed by atoms with Gasteiger partial charge >= 0.3 is 0 Å². The van der Waals surface area contributed by atoms with Crippen molar-refractivity contribution in [2.45, 2.75) is 12.8 Å². The van der Waals surface area contributed by atoms with Crippen molar-refractivity contribution in [1.82, 2.24) is 5.32 Å². The molecule has 0 saturated heterocycles. The molecule has 1 aromatic carbocycles. The summed E-state index contributed by atoms with van der Waals surface area (Å²) in [6.07, 6.45) is 2.06. The third-order valence-electron chi connectivity index (χ3n) is 3.27. The second kappa shape index (κ2) is 5.24. The minimum Gasteiger partial charge on any atom is -0.351 e. The lowest BCUT2D eigenvalue weighted by Gasteiger charge is -2.12. The summed E-state index contributed by atoms with van der Waals surface area (Å²) in [5.41, 5.74) is -0.448. The average molecular weight is 331 g/mol. The molecular weight excluding hydrogens is 319 g/mol. The normalized spacial score (nSPS) is 15.9. The molecule has 0 spiro atoms. The number of amides is 1. The summed E-state index contributed by atoms with van der Waals surface area (Å²) in [5, 5.41) is 13.9. The van der Waals surface area contributed by atoms with E-state index in [-0.39, 0.29) is 16.7 Å². The zero-order valence-corrected chi connectivity index (χ0v) is 11.6. The van der Waals surface area contributed by atoms with E-state index in [4.69, 9.17) is 0 Å². The van der Waals surface area contributed by atoms with Crippen LogP contribution in [0.4, 0.5) is 10.1 Å². The van der Waals surface area contributed by atoms with Gasteiger partial charge in [-0.1, -0.05) is 15.9 Å². The van der Waals surface area contributed by atoms with Crippen LogP contribution in [0.3, 0.4) is 0 Å². The zero-order valence-electron chi connectivity index (χ0n) is 9.99. The van der Waals surface area contributed by atoms with E-state index in [1.165, 1.54) is 0 Å². The summed E-state index contributed by atoms with van der Waals surface area (Å²) in [5.74, 6) is -1.42. The van der Waals surface area contributed by atoms with Gasteiger partial charge in [0.15, 0.2) is 0 Å². The van der Waals surface area contributed by atoms with Crippen LogP contribution in [-0.2, 0) is 0 Å². The number of nitrogens with one attached hydrogen (secondary N) is 1. The summed E-state index contributed by atoms with van der Waals surface area (Å²) in [7, 11) is 0. The van der Waals surface area contributed by atoms with Crippen LogP contribution in [0.15, 0.2) is 18.2 Å². The van der Waals surface area contributed by atoms with Crippen molar-refractivity contribution in [3.8, 4) is 0 Å². The van der Waals surface area contributed by atoms with E-state index < -0.39 is 16.6 Å². The van der Waals surface area contributed by atoms with Crippen LogP contribution in [-0.4, -0.2) is 22.7 Å². The molecule has 1 amide bonds. The lowest BCUT2D eigenvalue weighted by molar-refractivity contribution is -0.385. The van der Waals surface area contributed by atoms with Gasteiger partial charge in [-0.2, -0.15) is 0 Å². The van der Waals surface area contributed by atoms with Crippen LogP contribution in [0.25, 0.3) is 0 Å². The number of nitrogens with zero attached hydrogens (tertiary/aromatic N) is 1. The summed E-state index contributed by atoms with van der Waals surface area (Å²) < 4.78 is 13.6. The summed E-state index contributed by atoms with van der Waals surface area (Å²) >= 11 is 3.38. The number of alkyl halides is 1. The lowest BCUT2D eigenvalue weighted by Crippen LogP contribution is -2.31. The maximum atomic E-state index is 13.6. The molecule has 1 fully saturated rings. The van der Waals surface area contributed by atoms with E-state index in [0.717, 1.165) is 36.4 Å². The molecule has 1 aliphatic rings. The maximum absolute atomic E-state index is 13.6. The third kappa shape index (κ3) is 3.09. The molecule has 0 aromatic heterocycles. The Morgan fingerprint density at radius 1 is 1.53 bits per heavy atom. The van der Waals surface area contributed by atoms with Gasteiger partial charge in [-0.15, -0.1) is 0 Å². The molecule has 0 heterocycles. The largest absolute Gasteiger partial charge is 0.351 e. The van der Waals surface area contributed by atoms with Crippen molar-refractivity contribution >= 4 is 27.5 Å². The SMILES string of the molecule is O=C(NCC1(CBr)CC1)c1ccc([N+](=O)[O-])cc1F. The van der Waals surface area contributed by atoms with Gasteiger partial charge in [0.2, 0.25) is 0 Å². The Morgan fingerprint density at radius 3 is 2.68 bits per heavy atom. The van der Waals surface area contributed by atoms with Crippen molar-refractivity contribution in [2.75, 3.05) is 11.9 Å². The predicted molar refractivity (Wildman–Crippen MR) is 70.8 cm³/mol. The number of hydrogen-bond donors (Lipinski definition) is 1. The molecule has 19 heavy (non-hydrogen) atoms. The van der Waals surface area contributed by atoms with E-state index >= 15 is 0 Å². The van der Waals surface area contributed by atoms with Gasteiger partial charge in [0.05, 0.1) is 16.6 Å². The Kier molecular flexibility index (Phi) is 3.84. The predicted octanol–water partition coefficient (Wildman–Crippen LogP) is 2.64. The number of benzene rings is 1. The smallest absolute Gasteiger partial charge is 0.272 e. The van der Waals surface area contributed by atoms with Crippen LogP contribution in [0.1, 0.15) is 23.2 Å². The number of nitro groups is 1. The van der Waals surface area contributed by atoms with E-state index in [2.05, 4.69) is 21.2 Å². The number of rotatable bonds is 5. The summed E-state index contributed by atoms with van der Waals surface area (Å²) in [6.45, 7) is 0.480. The Labute approximate surface area is 117 Å². The average Bonchev–Trinajstić information content (AvgIpc) is 3.16. The van der Waals surface area contributed by atoms with Gasteiger partial charge in [-0.25, -0.2) is 4.39 Å². The van der Waals surface area contributed by atoms with Crippen LogP contribution in [0.5, 0.6) is 0 Å². The van der Waals surface area contributed by atoms with Crippen molar-refractivity contribution in [1.29, 1.82) is 0 Å². The second-order valence-electron chi connectivity index (χ2n) is 4.74. The topological polar surface area (TPSA) is 72.2 Å². The van der Waals surface area contributed by atoms with Crippen molar-refractivity contribution < 1.29 is 14.1 Å². The molecule has 1 aliphatic carbocycles. The van der Waals surface area contributed by atoms with E-state index in [0.29, 0.717) is 6.54 Å². The maximum Gasteiger partial charge on any atom is 0.272 e. The Balaban J connectivity index is 2.05. The number of carbonyl (C=O) groups is 1. The highest BCUT2D eigenvalue weighted by Crippen LogP contribution is 2.46. The highest BCUT2D eigenvalue weighted by atomic mass is 79.9. The highest BCUT2D eigenvalue weighted by molar-refractivity contribution is 9.09. The van der Waals surface area contributed by atoms with Gasteiger partial charge in [0.1, 0.15) is 5.82 Å². The van der Waals surface area contributed by atoms with Crippen molar-refractivity contribution in [2.24, 2.45) is 5.41 Å². The first-order valence-corrected chi connectivity index (χ1v) is 6.88. The number of carbonyl (C=O) groups excluding carboxylic acids is 1. The van der Waals surface area contributed by atoms with E-state index in [1.54, 1.807) is 0 Å². The lowest BCUT2D eigenvalue weighted by atomic mass is 10.1. The molecule has 0 radical (unpaired) electrons. The van der Waals surface area contributed by atoms with Crippen LogP contribution in [0.2, 0.25) is 0 Å². The number of hydrogen-bond acceptors (Lipinski definition) is 3. The quantitative estimate of drug-likeness (QED) is 0.512. The summed E-state index contributed by atoms with van der Waals surface area (Å²) in [6, 6.07) is 3.01. The van der Waals surface area contributed by atoms with Crippen LogP contribution < -0.4 is 5.32 Å². The Bertz CT molecular complexity index is 532. The minimum absolute atomic E-state index is 0.0902. The first kappa shape index (κ1) is 13.9. The van der Waals surface area contributed by atoms with Crippen LogP contribution in [0, 0.1) is 21.3 Å². The van der Waals surface area contributed by atoms with Gasteiger partial charge in [0.25, 0.3) is 11.6 Å². The molecule has 1 N–H and O–H groups in total. The fourth-order valence-electron chi connectivity index (χ4n) is 1.70. The monoisotopic (exact) mass is 330 g/mol. The highest BCUT2D eigenvalue weighted by Gasteiger charge is 2.41. The van der Waals surface area contributed by atoms with E-state index in [1.807, 2.05) is 0 Å². The molecule has 0 aliphatic heterocycles. The Morgan fingerprint density at radius 2 is 2.21 bits per heavy atom. The van der Waals surface area contributed by atoms with E-state index in [9.17, 15) is 19.3 Å². The Hall–Kier alpha value is -1.50. The summed E-state index contributed by atoms with van der Waals surface area (Å²) in [4.78, 5) is 21.6. The third-order valence-corrected chi connectivity index (χ3v) is 4.46. The fraction of sp³-hybridized carbons (Fsp3) is 0.417. The first-order valence-electron chi connectivity index (χ1n) is 5.75. The molecule has 102 valence electrons. The van der Waals surface area contributed by atoms with Gasteiger partial charge in [0, 0.05) is 17.9 Å². The molecule has 1 aromatic rings. The first-order chi connectivity index (χ1) is 8.97. The number of non-ortho nitro benzene ring substituents is 1.